The molecule has 0 spiro atoms. The van der Waals surface area contributed by atoms with Crippen molar-refractivity contribution in [2.45, 2.75) is 24.9 Å². The van der Waals surface area contributed by atoms with Crippen molar-refractivity contribution in [2.24, 2.45) is 0 Å². The summed E-state index contributed by atoms with van der Waals surface area (Å²) in [5.74, 6) is 2.02. The molecule has 4 aromatic rings. The number of anilines is 1. The van der Waals surface area contributed by atoms with Gasteiger partial charge >= 0.3 is 0 Å². The van der Waals surface area contributed by atoms with Crippen LogP contribution in [-0.4, -0.2) is 101 Å². The van der Waals surface area contributed by atoms with E-state index in [2.05, 4.69) is 26.0 Å². The Kier molecular flexibility index (Phi) is 7.26. The summed E-state index contributed by atoms with van der Waals surface area (Å²) in [4.78, 5) is 28.6. The number of pyridine rings is 3. The molecule has 4 fully saturated rings. The lowest BCUT2D eigenvalue weighted by Gasteiger charge is -2.56. The number of aromatic nitrogens is 4. The highest BCUT2D eigenvalue weighted by molar-refractivity contribution is 5.95. The number of carbonyl (C=O) groups is 1. The second-order valence-corrected chi connectivity index (χ2v) is 11.1. The normalized spacial score (nSPS) is 20.0. The van der Waals surface area contributed by atoms with Crippen LogP contribution in [0.2, 0.25) is 0 Å². The second kappa shape index (κ2) is 11.5. The predicted octanol–water partition coefficient (Wildman–Crippen LogP) is 2.83. The number of fused-ring (bicyclic) bond motifs is 3. The summed E-state index contributed by atoms with van der Waals surface area (Å²) in [6.45, 7) is 5.16. The summed E-state index contributed by atoms with van der Waals surface area (Å²) in [6.07, 6.45) is 8.80. The third-order valence-corrected chi connectivity index (χ3v) is 8.42. The molecule has 0 aliphatic carbocycles. The van der Waals surface area contributed by atoms with Gasteiger partial charge in [-0.3, -0.25) is 9.69 Å². The molecule has 2 bridgehead atoms. The lowest BCUT2D eigenvalue weighted by Crippen LogP contribution is -2.70. The highest BCUT2D eigenvalue weighted by atomic mass is 16.5. The maximum atomic E-state index is 13.2. The molecule has 4 aromatic heterocycles. The van der Waals surface area contributed by atoms with Gasteiger partial charge in [0.1, 0.15) is 24.2 Å². The van der Waals surface area contributed by atoms with E-state index in [4.69, 9.17) is 19.2 Å². The SMILES string of the molecule is COc1ccc(C(=O)N2C3CC2CN(c2ccc(-c4cc(OCCN5CCCOC5)cn5ncc(C#N)c45)cn2)C3)cn1. The zero-order valence-electron chi connectivity index (χ0n) is 23.9. The Morgan fingerprint density at radius 2 is 2.02 bits per heavy atom. The smallest absolute Gasteiger partial charge is 0.256 e. The van der Waals surface area contributed by atoms with Crippen molar-refractivity contribution in [3.8, 4) is 28.8 Å². The molecule has 1 amide bonds. The quantitative estimate of drug-likeness (QED) is 0.308. The van der Waals surface area contributed by atoms with Crippen LogP contribution in [0, 0.1) is 11.3 Å². The van der Waals surface area contributed by atoms with Gasteiger partial charge in [0.05, 0.1) is 55.0 Å². The number of carbonyl (C=O) groups excluding carboxylic acids is 1. The number of piperazine rings is 1. The van der Waals surface area contributed by atoms with Gasteiger partial charge in [0.2, 0.25) is 5.88 Å². The number of piperidine rings is 1. The molecule has 4 aliphatic heterocycles. The van der Waals surface area contributed by atoms with E-state index in [-0.39, 0.29) is 18.0 Å². The average molecular weight is 581 g/mol. The van der Waals surface area contributed by atoms with Gasteiger partial charge in [0.15, 0.2) is 0 Å². The first kappa shape index (κ1) is 27.1. The van der Waals surface area contributed by atoms with Gasteiger partial charge in [-0.1, -0.05) is 0 Å². The maximum Gasteiger partial charge on any atom is 0.256 e. The number of hydrogen-bond acceptors (Lipinski definition) is 10. The van der Waals surface area contributed by atoms with Crippen LogP contribution in [0.5, 0.6) is 11.6 Å². The van der Waals surface area contributed by atoms with Gasteiger partial charge < -0.3 is 24.0 Å². The van der Waals surface area contributed by atoms with Crippen molar-refractivity contribution in [3.05, 3.63) is 66.2 Å². The molecule has 4 saturated heterocycles. The molecule has 4 aliphatic rings. The van der Waals surface area contributed by atoms with E-state index >= 15 is 0 Å². The molecule has 12 nitrogen and oxygen atoms in total. The van der Waals surface area contributed by atoms with Crippen molar-refractivity contribution in [3.63, 3.8) is 0 Å². The first-order valence-electron chi connectivity index (χ1n) is 14.5. The van der Waals surface area contributed by atoms with Crippen molar-refractivity contribution >= 4 is 17.2 Å². The Morgan fingerprint density at radius 3 is 2.72 bits per heavy atom. The van der Waals surface area contributed by atoms with E-state index in [0.29, 0.717) is 36.1 Å². The van der Waals surface area contributed by atoms with E-state index in [1.54, 1.807) is 36.2 Å². The van der Waals surface area contributed by atoms with Gasteiger partial charge in [-0.25, -0.2) is 14.5 Å². The Morgan fingerprint density at radius 1 is 1.14 bits per heavy atom. The van der Waals surface area contributed by atoms with Gasteiger partial charge in [-0.2, -0.15) is 10.4 Å². The average Bonchev–Trinajstić information content (AvgIpc) is 3.48. The number of amides is 1. The van der Waals surface area contributed by atoms with Crippen molar-refractivity contribution in [2.75, 3.05) is 58.1 Å². The Hall–Kier alpha value is -4.73. The summed E-state index contributed by atoms with van der Waals surface area (Å²) in [7, 11) is 1.56. The highest BCUT2D eigenvalue weighted by Gasteiger charge is 2.47. The monoisotopic (exact) mass is 580 g/mol. The molecule has 8 rings (SSSR count). The second-order valence-electron chi connectivity index (χ2n) is 11.1. The zero-order chi connectivity index (χ0) is 29.3. The topological polar surface area (TPSA) is 121 Å². The molecule has 2 atom stereocenters. The zero-order valence-corrected chi connectivity index (χ0v) is 23.9. The lowest BCUT2D eigenvalue weighted by molar-refractivity contribution is -0.0181. The highest BCUT2D eigenvalue weighted by Crippen LogP contribution is 2.36. The molecule has 43 heavy (non-hydrogen) atoms. The van der Waals surface area contributed by atoms with Gasteiger partial charge in [-0.05, 0) is 37.1 Å². The largest absolute Gasteiger partial charge is 0.491 e. The maximum absolute atomic E-state index is 13.2. The van der Waals surface area contributed by atoms with E-state index < -0.39 is 0 Å². The van der Waals surface area contributed by atoms with Crippen LogP contribution in [0.15, 0.2) is 55.1 Å². The van der Waals surface area contributed by atoms with Crippen LogP contribution in [0.25, 0.3) is 16.6 Å². The van der Waals surface area contributed by atoms with Gasteiger partial charge in [-0.15, -0.1) is 0 Å². The van der Waals surface area contributed by atoms with Crippen molar-refractivity contribution in [1.82, 2.24) is 29.4 Å². The first-order valence-corrected chi connectivity index (χ1v) is 14.5. The minimum atomic E-state index is 0.00356. The van der Waals surface area contributed by atoms with E-state index in [1.807, 2.05) is 35.5 Å². The lowest BCUT2D eigenvalue weighted by atomic mass is 9.86. The van der Waals surface area contributed by atoms with Gasteiger partial charge in [0.25, 0.3) is 5.91 Å². The fourth-order valence-electron chi connectivity index (χ4n) is 6.23. The van der Waals surface area contributed by atoms with Crippen LogP contribution >= 0.6 is 0 Å². The van der Waals surface area contributed by atoms with Gasteiger partial charge in [0, 0.05) is 62.4 Å². The number of ether oxygens (including phenoxy) is 3. The van der Waals surface area contributed by atoms with Crippen LogP contribution < -0.4 is 14.4 Å². The Balaban J connectivity index is 1.06. The molecule has 0 aromatic carbocycles. The van der Waals surface area contributed by atoms with Crippen LogP contribution in [-0.2, 0) is 4.74 Å². The molecule has 8 heterocycles. The number of nitriles is 1. The van der Waals surface area contributed by atoms with Crippen molar-refractivity contribution < 1.29 is 19.0 Å². The summed E-state index contributed by atoms with van der Waals surface area (Å²) in [5, 5.41) is 14.1. The number of hydrogen-bond donors (Lipinski definition) is 0. The number of nitrogens with zero attached hydrogens (tertiary/aromatic N) is 8. The third-order valence-electron chi connectivity index (χ3n) is 8.42. The Bertz CT molecular complexity index is 1650. The first-order chi connectivity index (χ1) is 21.1. The third kappa shape index (κ3) is 5.22. The predicted molar refractivity (Wildman–Crippen MR) is 157 cm³/mol. The molecule has 0 saturated carbocycles. The standard InChI is InChI=1S/C31H32N8O4/c1-41-29-6-4-22(15-34-29)31(40)39-24-11-25(39)18-37(17-24)28-5-3-21(14-33-28)27-12-26(19-38-30(27)23(13-32)16-35-38)43-10-8-36-7-2-9-42-20-36/h3-6,12,14-16,19,24-25H,2,7-11,17-18,20H2,1H3. The van der Waals surface area contributed by atoms with Crippen LogP contribution in [0.1, 0.15) is 28.8 Å². The number of rotatable bonds is 8. The summed E-state index contributed by atoms with van der Waals surface area (Å²) < 4.78 is 18.5. The summed E-state index contributed by atoms with van der Waals surface area (Å²) >= 11 is 0. The van der Waals surface area contributed by atoms with E-state index in [0.717, 1.165) is 68.1 Å². The molecular weight excluding hydrogens is 548 g/mol. The summed E-state index contributed by atoms with van der Waals surface area (Å²) in [5.41, 5.74) is 3.48. The Labute approximate surface area is 249 Å². The molecule has 0 radical (unpaired) electrons. The molecular formula is C31H32N8O4. The fourth-order valence-corrected chi connectivity index (χ4v) is 6.23. The van der Waals surface area contributed by atoms with Crippen molar-refractivity contribution in [1.29, 1.82) is 5.26 Å². The van der Waals surface area contributed by atoms with Crippen LogP contribution in [0.3, 0.4) is 0 Å². The molecule has 12 heteroatoms. The van der Waals surface area contributed by atoms with E-state index in [9.17, 15) is 10.1 Å². The molecule has 220 valence electrons. The minimum Gasteiger partial charge on any atom is -0.491 e. The minimum absolute atomic E-state index is 0.00356. The number of methoxy groups -OCH3 is 1. The van der Waals surface area contributed by atoms with E-state index in [1.165, 1.54) is 0 Å². The van der Waals surface area contributed by atoms with Crippen LogP contribution in [0.4, 0.5) is 5.82 Å². The fraction of sp³-hybridized carbons (Fsp3) is 0.387. The molecule has 2 unspecified atom stereocenters. The summed E-state index contributed by atoms with van der Waals surface area (Å²) in [6, 6.07) is 12.0. The molecule has 0 N–H and O–H groups in total.